The molecule has 9 heteroatoms. The summed E-state index contributed by atoms with van der Waals surface area (Å²) in [5.41, 5.74) is 1.37. The Bertz CT molecular complexity index is 954. The van der Waals surface area contributed by atoms with Gasteiger partial charge in [0.25, 0.3) is 0 Å². The Morgan fingerprint density at radius 1 is 1.21 bits per heavy atom. The van der Waals surface area contributed by atoms with Crippen LogP contribution in [0.25, 0.3) is 10.9 Å². The molecule has 0 bridgehead atoms. The Morgan fingerprint density at radius 3 is 2.62 bits per heavy atom. The van der Waals surface area contributed by atoms with Gasteiger partial charge in [0.2, 0.25) is 5.88 Å². The molecule has 24 heavy (non-hydrogen) atoms. The monoisotopic (exact) mass is 470 g/mol. The van der Waals surface area contributed by atoms with E-state index in [2.05, 4.69) is 52.4 Å². The maximum absolute atomic E-state index is 11.9. The molecule has 0 aliphatic rings. The first-order valence-corrected chi connectivity index (χ1v) is 8.58. The second kappa shape index (κ2) is 6.92. The molecule has 1 aromatic heterocycles. The summed E-state index contributed by atoms with van der Waals surface area (Å²) >= 11 is 12.5. The minimum absolute atomic E-state index is 0.174. The van der Waals surface area contributed by atoms with E-state index in [1.165, 1.54) is 0 Å². The van der Waals surface area contributed by atoms with Gasteiger partial charge in [0, 0.05) is 25.0 Å². The average molecular weight is 473 g/mol. The van der Waals surface area contributed by atoms with Crippen LogP contribution in [-0.4, -0.2) is 16.1 Å². The van der Waals surface area contributed by atoms with Crippen LogP contribution in [0.3, 0.4) is 0 Å². The van der Waals surface area contributed by atoms with E-state index < -0.39 is 6.03 Å². The van der Waals surface area contributed by atoms with Crippen LogP contribution >= 0.6 is 43.5 Å². The summed E-state index contributed by atoms with van der Waals surface area (Å²) in [6, 6.07) is 9.51. The first kappa shape index (κ1) is 16.9. The zero-order valence-corrected chi connectivity index (χ0v) is 15.8. The molecule has 0 spiro atoms. The smallest absolute Gasteiger partial charge is 0.364 e. The van der Waals surface area contributed by atoms with Crippen molar-refractivity contribution in [1.29, 1.82) is 0 Å². The number of hydrogen-bond acceptors (Lipinski definition) is 3. The number of rotatable bonds is 2. The van der Waals surface area contributed by atoms with Crippen LogP contribution in [0.1, 0.15) is 0 Å². The van der Waals surface area contributed by atoms with Crippen molar-refractivity contribution < 1.29 is 9.90 Å². The summed E-state index contributed by atoms with van der Waals surface area (Å²) in [7, 11) is 0. The summed E-state index contributed by atoms with van der Waals surface area (Å²) in [6.45, 7) is 0. The molecular weight excluding hydrogens is 463 g/mol. The summed E-state index contributed by atoms with van der Waals surface area (Å²) in [4.78, 5) is 14.6. The van der Waals surface area contributed by atoms with Crippen LogP contribution in [0.4, 0.5) is 16.2 Å². The number of benzene rings is 2. The Balaban J connectivity index is 1.86. The summed E-state index contributed by atoms with van der Waals surface area (Å²) < 4.78 is 1.54. The van der Waals surface area contributed by atoms with E-state index in [1.807, 2.05) is 6.07 Å². The van der Waals surface area contributed by atoms with Gasteiger partial charge in [-0.3, -0.25) is 0 Å². The number of halogens is 3. The lowest BCUT2D eigenvalue weighted by Gasteiger charge is -2.00. The minimum Gasteiger partial charge on any atom is -0.493 e. The van der Waals surface area contributed by atoms with Crippen molar-refractivity contribution in [2.24, 2.45) is 10.2 Å². The van der Waals surface area contributed by atoms with E-state index in [1.54, 1.807) is 30.3 Å². The molecule has 0 aliphatic heterocycles. The van der Waals surface area contributed by atoms with Gasteiger partial charge in [-0.1, -0.05) is 32.6 Å². The predicted molar refractivity (Wildman–Crippen MR) is 100 cm³/mol. The van der Waals surface area contributed by atoms with E-state index in [0.717, 1.165) is 8.95 Å². The number of aromatic nitrogens is 1. The highest BCUT2D eigenvalue weighted by Crippen LogP contribution is 2.40. The van der Waals surface area contributed by atoms with Gasteiger partial charge in [0.05, 0.1) is 5.52 Å². The number of aromatic amines is 1. The van der Waals surface area contributed by atoms with E-state index >= 15 is 0 Å². The minimum atomic E-state index is -0.667. The number of carbonyl (C=O) groups excluding carboxylic acids is 1. The number of nitrogens with zero attached hydrogens (tertiary/aromatic N) is 2. The highest BCUT2D eigenvalue weighted by Gasteiger charge is 2.14. The van der Waals surface area contributed by atoms with Crippen LogP contribution < -0.4 is 5.32 Å². The largest absolute Gasteiger partial charge is 0.493 e. The zero-order valence-electron chi connectivity index (χ0n) is 11.8. The van der Waals surface area contributed by atoms with Crippen molar-refractivity contribution in [3.8, 4) is 5.88 Å². The molecule has 122 valence electrons. The maximum atomic E-state index is 11.9. The van der Waals surface area contributed by atoms with Crippen LogP contribution in [0, 0.1) is 0 Å². The molecule has 0 fully saturated rings. The predicted octanol–water partition coefficient (Wildman–Crippen LogP) is 6.37. The second-order valence-electron chi connectivity index (χ2n) is 4.77. The van der Waals surface area contributed by atoms with Crippen LogP contribution in [0.15, 0.2) is 55.6 Å². The van der Waals surface area contributed by atoms with Gasteiger partial charge in [0.15, 0.2) is 5.69 Å². The zero-order chi connectivity index (χ0) is 17.3. The number of azo groups is 1. The molecule has 0 aliphatic carbocycles. The van der Waals surface area contributed by atoms with Gasteiger partial charge in [-0.05, 0) is 52.3 Å². The molecule has 1 heterocycles. The number of fused-ring (bicyclic) bond motifs is 1. The Labute approximate surface area is 158 Å². The molecule has 2 aromatic carbocycles. The van der Waals surface area contributed by atoms with Crippen molar-refractivity contribution in [3.63, 3.8) is 0 Å². The van der Waals surface area contributed by atoms with Crippen LogP contribution in [0.5, 0.6) is 5.88 Å². The molecule has 0 saturated carbocycles. The number of hydrogen-bond donors (Lipinski definition) is 3. The van der Waals surface area contributed by atoms with Crippen LogP contribution in [-0.2, 0) is 0 Å². The maximum Gasteiger partial charge on any atom is 0.364 e. The molecular formula is C15H9Br2ClN4O2. The van der Waals surface area contributed by atoms with Crippen molar-refractivity contribution in [1.82, 2.24) is 4.98 Å². The lowest BCUT2D eigenvalue weighted by atomic mass is 10.2. The number of urea groups is 1. The Hall–Kier alpha value is -1.90. The van der Waals surface area contributed by atoms with E-state index in [0.29, 0.717) is 21.6 Å². The molecule has 0 saturated heterocycles. The fourth-order valence-corrected chi connectivity index (χ4v) is 3.52. The van der Waals surface area contributed by atoms with Gasteiger partial charge < -0.3 is 15.4 Å². The van der Waals surface area contributed by atoms with Gasteiger partial charge >= 0.3 is 6.03 Å². The molecule has 3 rings (SSSR count). The fraction of sp³-hybridized carbons (Fsp3) is 0. The topological polar surface area (TPSA) is 89.8 Å². The quantitative estimate of drug-likeness (QED) is 0.379. The van der Waals surface area contributed by atoms with Crippen molar-refractivity contribution in [3.05, 3.63) is 50.4 Å². The molecule has 2 amide bonds. The molecule has 0 atom stereocenters. The molecule has 0 unspecified atom stereocenters. The number of amides is 2. The van der Waals surface area contributed by atoms with Gasteiger partial charge in [0.1, 0.15) is 0 Å². The number of anilines is 1. The normalized spacial score (nSPS) is 11.3. The standard InChI is InChI=1S/C15H9Br2ClN4O2/c16-7-5-10-12(11(17)6-7)20-14(23)13(10)21-22-15(24)19-9-3-1-8(18)2-4-9/h1-6,20,23H,(H,19,24). The average Bonchev–Trinajstić information content (AvgIpc) is 2.84. The first-order valence-electron chi connectivity index (χ1n) is 6.62. The summed E-state index contributed by atoms with van der Waals surface area (Å²) in [5.74, 6) is -0.174. The van der Waals surface area contributed by atoms with Crippen molar-refractivity contribution in [2.45, 2.75) is 0 Å². The van der Waals surface area contributed by atoms with E-state index in [4.69, 9.17) is 11.6 Å². The van der Waals surface area contributed by atoms with Gasteiger partial charge in [-0.15, -0.1) is 5.11 Å². The number of carbonyl (C=O) groups is 1. The van der Waals surface area contributed by atoms with Gasteiger partial charge in [-0.2, -0.15) is 0 Å². The first-order chi connectivity index (χ1) is 11.4. The third-order valence-electron chi connectivity index (χ3n) is 3.11. The van der Waals surface area contributed by atoms with E-state index in [9.17, 15) is 9.90 Å². The highest BCUT2D eigenvalue weighted by atomic mass is 79.9. The lowest BCUT2D eigenvalue weighted by Crippen LogP contribution is -2.04. The Morgan fingerprint density at radius 2 is 1.92 bits per heavy atom. The van der Waals surface area contributed by atoms with Crippen LogP contribution in [0.2, 0.25) is 5.02 Å². The summed E-state index contributed by atoms with van der Waals surface area (Å²) in [5, 5.41) is 21.2. The molecule has 6 nitrogen and oxygen atoms in total. The number of H-pyrrole nitrogens is 1. The fourth-order valence-electron chi connectivity index (χ4n) is 2.07. The molecule has 3 aromatic rings. The lowest BCUT2D eigenvalue weighted by molar-refractivity contribution is 0.258. The molecule has 3 N–H and O–H groups in total. The van der Waals surface area contributed by atoms with Crippen molar-refractivity contribution in [2.75, 3.05) is 5.32 Å². The molecule has 0 radical (unpaired) electrons. The van der Waals surface area contributed by atoms with Gasteiger partial charge in [-0.25, -0.2) is 4.79 Å². The van der Waals surface area contributed by atoms with E-state index in [-0.39, 0.29) is 11.6 Å². The highest BCUT2D eigenvalue weighted by molar-refractivity contribution is 9.11. The summed E-state index contributed by atoms with van der Waals surface area (Å²) in [6.07, 6.45) is 0. The number of nitrogens with one attached hydrogen (secondary N) is 2. The number of aromatic hydroxyl groups is 1. The Kier molecular flexibility index (Phi) is 4.88. The third kappa shape index (κ3) is 3.61. The van der Waals surface area contributed by atoms with Crippen molar-refractivity contribution >= 4 is 71.8 Å². The second-order valence-corrected chi connectivity index (χ2v) is 6.98. The SMILES string of the molecule is O=C(N=Nc1c(O)[nH]c2c(Br)cc(Br)cc12)Nc1ccc(Cl)cc1. The third-order valence-corrected chi connectivity index (χ3v) is 4.45.